The highest BCUT2D eigenvalue weighted by Crippen LogP contribution is 2.34. The van der Waals surface area contributed by atoms with E-state index in [4.69, 9.17) is 4.74 Å². The Morgan fingerprint density at radius 3 is 2.67 bits per heavy atom. The number of carbonyl (C=O) groups is 3. The SMILES string of the molecule is CC(C)(C)OC(=O)CN1C(=O)SC(=Cc2cc(Br)ccc2O)C1=O. The van der Waals surface area contributed by atoms with Gasteiger partial charge in [0.15, 0.2) is 0 Å². The zero-order chi connectivity index (χ0) is 18.1. The molecule has 0 saturated carbocycles. The van der Waals surface area contributed by atoms with Crippen LogP contribution in [0.25, 0.3) is 6.08 Å². The van der Waals surface area contributed by atoms with Crippen LogP contribution in [0.15, 0.2) is 27.6 Å². The molecule has 0 radical (unpaired) electrons. The summed E-state index contributed by atoms with van der Waals surface area (Å²) in [7, 11) is 0. The number of hydrogen-bond donors (Lipinski definition) is 1. The lowest BCUT2D eigenvalue weighted by molar-refractivity contribution is -0.156. The molecule has 0 aliphatic carbocycles. The minimum absolute atomic E-state index is 0.0165. The van der Waals surface area contributed by atoms with Crippen molar-refractivity contribution in [2.75, 3.05) is 6.54 Å². The molecule has 128 valence electrons. The number of carbonyl (C=O) groups excluding carboxylic acids is 3. The fourth-order valence-electron chi connectivity index (χ4n) is 1.92. The number of imide groups is 1. The summed E-state index contributed by atoms with van der Waals surface area (Å²) in [5, 5.41) is 9.28. The molecule has 1 N–H and O–H groups in total. The van der Waals surface area contributed by atoms with Crippen molar-refractivity contribution in [3.63, 3.8) is 0 Å². The molecule has 1 saturated heterocycles. The number of hydrogen-bond acceptors (Lipinski definition) is 6. The van der Waals surface area contributed by atoms with Gasteiger partial charge < -0.3 is 9.84 Å². The topological polar surface area (TPSA) is 83.9 Å². The zero-order valence-electron chi connectivity index (χ0n) is 13.3. The first-order chi connectivity index (χ1) is 11.1. The molecular weight excluding hydrogens is 398 g/mol. The number of ether oxygens (including phenoxy) is 1. The van der Waals surface area contributed by atoms with Crippen LogP contribution in [0.4, 0.5) is 4.79 Å². The maximum atomic E-state index is 12.3. The summed E-state index contributed by atoms with van der Waals surface area (Å²) < 4.78 is 5.85. The Hall–Kier alpha value is -1.80. The molecule has 1 aromatic rings. The van der Waals surface area contributed by atoms with E-state index in [0.29, 0.717) is 17.3 Å². The lowest BCUT2D eigenvalue weighted by Gasteiger charge is -2.21. The second-order valence-corrected chi connectivity index (χ2v) is 7.97. The summed E-state index contributed by atoms with van der Waals surface area (Å²) >= 11 is 3.99. The van der Waals surface area contributed by atoms with E-state index in [1.54, 1.807) is 32.9 Å². The molecule has 1 fully saturated rings. The predicted octanol–water partition coefficient (Wildman–Crippen LogP) is 3.53. The van der Waals surface area contributed by atoms with E-state index in [1.165, 1.54) is 12.1 Å². The maximum absolute atomic E-state index is 12.3. The highest BCUT2D eigenvalue weighted by atomic mass is 79.9. The standard InChI is InChI=1S/C16H16BrNO5S/c1-16(2,3)23-13(20)8-18-14(21)12(24-15(18)22)7-9-6-10(17)4-5-11(9)19/h4-7,19H,8H2,1-3H3. The van der Waals surface area contributed by atoms with E-state index in [2.05, 4.69) is 15.9 Å². The quantitative estimate of drug-likeness (QED) is 0.602. The Kier molecular flexibility index (Phi) is 5.39. The number of benzene rings is 1. The number of rotatable bonds is 3. The molecular formula is C16H16BrNO5S. The molecule has 0 bridgehead atoms. The van der Waals surface area contributed by atoms with Gasteiger partial charge in [-0.1, -0.05) is 15.9 Å². The summed E-state index contributed by atoms with van der Waals surface area (Å²) in [5.74, 6) is -1.26. The number of halogens is 1. The van der Waals surface area contributed by atoms with Crippen LogP contribution < -0.4 is 0 Å². The van der Waals surface area contributed by atoms with Gasteiger partial charge in [0, 0.05) is 10.0 Å². The number of phenols is 1. The molecule has 0 spiro atoms. The lowest BCUT2D eigenvalue weighted by Crippen LogP contribution is -2.37. The molecule has 1 aliphatic heterocycles. The molecule has 2 amide bonds. The van der Waals surface area contributed by atoms with E-state index >= 15 is 0 Å². The van der Waals surface area contributed by atoms with E-state index in [1.807, 2.05) is 0 Å². The fraction of sp³-hybridized carbons (Fsp3) is 0.312. The van der Waals surface area contributed by atoms with Crippen LogP contribution in [0.2, 0.25) is 0 Å². The van der Waals surface area contributed by atoms with Gasteiger partial charge in [-0.3, -0.25) is 19.3 Å². The summed E-state index contributed by atoms with van der Waals surface area (Å²) in [4.78, 5) is 37.1. The first-order valence-electron chi connectivity index (χ1n) is 7.02. The van der Waals surface area contributed by atoms with Crippen molar-refractivity contribution >= 4 is 50.9 Å². The first kappa shape index (κ1) is 18.5. The van der Waals surface area contributed by atoms with Crippen LogP contribution in [0, 0.1) is 0 Å². The van der Waals surface area contributed by atoms with Crippen LogP contribution in [-0.2, 0) is 14.3 Å². The number of aromatic hydroxyl groups is 1. The molecule has 1 heterocycles. The van der Waals surface area contributed by atoms with Gasteiger partial charge in [0.1, 0.15) is 17.9 Å². The zero-order valence-corrected chi connectivity index (χ0v) is 15.7. The van der Waals surface area contributed by atoms with E-state index in [0.717, 1.165) is 9.37 Å². The molecule has 1 aromatic carbocycles. The van der Waals surface area contributed by atoms with Crippen molar-refractivity contribution in [2.24, 2.45) is 0 Å². The maximum Gasteiger partial charge on any atom is 0.326 e. The Bertz CT molecular complexity index is 738. The number of esters is 1. The van der Waals surface area contributed by atoms with Gasteiger partial charge in [-0.2, -0.15) is 0 Å². The number of thioether (sulfide) groups is 1. The third kappa shape index (κ3) is 4.61. The third-order valence-electron chi connectivity index (χ3n) is 2.86. The molecule has 24 heavy (non-hydrogen) atoms. The van der Waals surface area contributed by atoms with Gasteiger partial charge in [0.2, 0.25) is 0 Å². The molecule has 0 aromatic heterocycles. The molecule has 8 heteroatoms. The Morgan fingerprint density at radius 1 is 1.38 bits per heavy atom. The molecule has 1 aliphatic rings. The van der Waals surface area contributed by atoms with Crippen LogP contribution in [0.3, 0.4) is 0 Å². The Balaban J connectivity index is 2.18. The molecule has 0 unspecified atom stereocenters. The van der Waals surface area contributed by atoms with Gasteiger partial charge >= 0.3 is 5.97 Å². The minimum atomic E-state index is -0.698. The van der Waals surface area contributed by atoms with E-state index < -0.39 is 29.3 Å². The summed E-state index contributed by atoms with van der Waals surface area (Å²) in [6, 6.07) is 4.75. The monoisotopic (exact) mass is 413 g/mol. The third-order valence-corrected chi connectivity index (χ3v) is 4.26. The van der Waals surface area contributed by atoms with Gasteiger partial charge in [-0.05, 0) is 56.8 Å². The largest absolute Gasteiger partial charge is 0.507 e. The highest BCUT2D eigenvalue weighted by molar-refractivity contribution is 9.10. The second-order valence-electron chi connectivity index (χ2n) is 6.06. The summed E-state index contributed by atoms with van der Waals surface area (Å²) in [6.45, 7) is 4.67. The average Bonchev–Trinajstić information content (AvgIpc) is 2.68. The van der Waals surface area contributed by atoms with Crippen molar-refractivity contribution in [2.45, 2.75) is 26.4 Å². The van der Waals surface area contributed by atoms with Gasteiger partial charge in [-0.15, -0.1) is 0 Å². The van der Waals surface area contributed by atoms with Crippen molar-refractivity contribution in [1.29, 1.82) is 0 Å². The van der Waals surface area contributed by atoms with Crippen molar-refractivity contribution in [3.05, 3.63) is 33.1 Å². The van der Waals surface area contributed by atoms with Crippen molar-refractivity contribution in [1.82, 2.24) is 4.90 Å². The van der Waals surface area contributed by atoms with Crippen molar-refractivity contribution < 1.29 is 24.2 Å². The first-order valence-corrected chi connectivity index (χ1v) is 8.63. The minimum Gasteiger partial charge on any atom is -0.507 e. The predicted molar refractivity (Wildman–Crippen MR) is 94.3 cm³/mol. The number of amides is 2. The van der Waals surface area contributed by atoms with Crippen LogP contribution in [-0.4, -0.2) is 39.3 Å². The smallest absolute Gasteiger partial charge is 0.326 e. The van der Waals surface area contributed by atoms with Crippen LogP contribution >= 0.6 is 27.7 Å². The van der Waals surface area contributed by atoms with Gasteiger partial charge in [-0.25, -0.2) is 0 Å². The van der Waals surface area contributed by atoms with Gasteiger partial charge in [0.25, 0.3) is 11.1 Å². The van der Waals surface area contributed by atoms with Crippen LogP contribution in [0.1, 0.15) is 26.3 Å². The number of phenolic OH excluding ortho intramolecular Hbond substituents is 1. The number of nitrogens with zero attached hydrogens (tertiary/aromatic N) is 1. The van der Waals surface area contributed by atoms with Gasteiger partial charge in [0.05, 0.1) is 4.91 Å². The second kappa shape index (κ2) is 6.98. The van der Waals surface area contributed by atoms with E-state index in [9.17, 15) is 19.5 Å². The lowest BCUT2D eigenvalue weighted by atomic mass is 10.2. The van der Waals surface area contributed by atoms with E-state index in [-0.39, 0.29) is 10.7 Å². The normalized spacial score (nSPS) is 16.8. The highest BCUT2D eigenvalue weighted by Gasteiger charge is 2.37. The van der Waals surface area contributed by atoms with Crippen molar-refractivity contribution in [3.8, 4) is 5.75 Å². The fourth-order valence-corrected chi connectivity index (χ4v) is 3.13. The van der Waals surface area contributed by atoms with Crippen LogP contribution in [0.5, 0.6) is 5.75 Å². The molecule has 6 nitrogen and oxygen atoms in total. The molecule has 2 rings (SSSR count). The summed E-state index contributed by atoms with van der Waals surface area (Å²) in [5.41, 5.74) is -0.302. The average molecular weight is 414 g/mol. The molecule has 0 atom stereocenters. The summed E-state index contributed by atoms with van der Waals surface area (Å²) in [6.07, 6.45) is 1.42. The Morgan fingerprint density at radius 2 is 2.04 bits per heavy atom. The Labute approximate surface area is 152 Å².